The number of hydrogen-bond acceptors (Lipinski definition) is 10. The first-order valence-corrected chi connectivity index (χ1v) is 14.1. The number of esters is 4. The monoisotopic (exact) mass is 576 g/mol. The molecule has 0 aromatic carbocycles. The third-order valence-corrected chi connectivity index (χ3v) is 8.91. The van der Waals surface area contributed by atoms with Gasteiger partial charge in [-0.05, 0) is 42.6 Å². The van der Waals surface area contributed by atoms with E-state index >= 15 is 0 Å². The summed E-state index contributed by atoms with van der Waals surface area (Å²) in [5, 5.41) is 12.2. The lowest BCUT2D eigenvalue weighted by Gasteiger charge is -2.62. The molecule has 9 unspecified atom stereocenters. The SMILES string of the molecule is C=CC(=C)CCC1(C)C(C)C(OC(C)=O)C(O)C23C(=CC(OC(=O)CC(C)C)CC12)C(OC(C)=O)OC3OC(C)=O. The average Bonchev–Trinajstić information content (AvgIpc) is 3.14. The second-order valence-electron chi connectivity index (χ2n) is 12.2. The molecule has 9 atom stereocenters. The highest BCUT2D eigenvalue weighted by molar-refractivity contribution is 5.70. The summed E-state index contributed by atoms with van der Waals surface area (Å²) in [5.41, 5.74) is -1.08. The maximum atomic E-state index is 12.8. The first-order valence-electron chi connectivity index (χ1n) is 14.1. The maximum absolute atomic E-state index is 12.8. The summed E-state index contributed by atoms with van der Waals surface area (Å²) in [5.74, 6) is -3.17. The molecule has 1 N–H and O–H groups in total. The summed E-state index contributed by atoms with van der Waals surface area (Å²) in [6.07, 6.45) is -1.05. The molecule has 0 aromatic heterocycles. The van der Waals surface area contributed by atoms with Gasteiger partial charge in [-0.25, -0.2) is 0 Å². The lowest BCUT2D eigenvalue weighted by molar-refractivity contribution is -0.276. The van der Waals surface area contributed by atoms with Gasteiger partial charge in [-0.15, -0.1) is 0 Å². The van der Waals surface area contributed by atoms with Crippen molar-refractivity contribution in [2.45, 2.75) is 105 Å². The molecule has 1 heterocycles. The Kier molecular flexibility index (Phi) is 9.91. The fraction of sp³-hybridized carbons (Fsp3) is 0.677. The molecule has 0 aromatic rings. The Labute approximate surface area is 242 Å². The van der Waals surface area contributed by atoms with Crippen LogP contribution < -0.4 is 0 Å². The van der Waals surface area contributed by atoms with Gasteiger partial charge in [0.1, 0.15) is 18.3 Å². The van der Waals surface area contributed by atoms with Crippen molar-refractivity contribution in [3.8, 4) is 0 Å². The van der Waals surface area contributed by atoms with Gasteiger partial charge in [-0.2, -0.15) is 0 Å². The van der Waals surface area contributed by atoms with Gasteiger partial charge in [0.05, 0.1) is 5.41 Å². The van der Waals surface area contributed by atoms with Crippen LogP contribution in [-0.4, -0.2) is 59.9 Å². The quantitative estimate of drug-likeness (QED) is 0.175. The van der Waals surface area contributed by atoms with E-state index in [2.05, 4.69) is 13.2 Å². The molecule has 0 amide bonds. The normalized spacial score (nSPS) is 35.8. The largest absolute Gasteiger partial charge is 0.459 e. The number of rotatable bonds is 10. The Morgan fingerprint density at radius 3 is 2.24 bits per heavy atom. The molecule has 1 aliphatic heterocycles. The highest BCUT2D eigenvalue weighted by Crippen LogP contribution is 2.67. The molecule has 1 spiro atoms. The predicted octanol–water partition coefficient (Wildman–Crippen LogP) is 4.16. The minimum atomic E-state index is -1.48. The molecule has 0 radical (unpaired) electrons. The third-order valence-electron chi connectivity index (χ3n) is 8.91. The van der Waals surface area contributed by atoms with Gasteiger partial charge in [0.2, 0.25) is 12.6 Å². The van der Waals surface area contributed by atoms with E-state index in [9.17, 15) is 24.3 Å². The lowest BCUT2D eigenvalue weighted by Crippen LogP contribution is -2.68. The molecule has 0 bridgehead atoms. The summed E-state index contributed by atoms with van der Waals surface area (Å²) in [4.78, 5) is 49.6. The van der Waals surface area contributed by atoms with Crippen LogP contribution in [-0.2, 0) is 42.9 Å². The number of hydrogen-bond donors (Lipinski definition) is 1. The summed E-state index contributed by atoms with van der Waals surface area (Å²) >= 11 is 0. The van der Waals surface area contributed by atoms with E-state index in [1.165, 1.54) is 20.8 Å². The molecule has 2 aliphatic carbocycles. The number of aliphatic hydroxyl groups excluding tert-OH is 1. The number of carbonyl (C=O) groups excluding carboxylic acids is 4. The smallest absolute Gasteiger partial charge is 0.306 e. The zero-order valence-corrected chi connectivity index (χ0v) is 25.1. The van der Waals surface area contributed by atoms with Crippen LogP contribution in [0.15, 0.2) is 36.5 Å². The van der Waals surface area contributed by atoms with E-state index in [0.717, 1.165) is 5.57 Å². The van der Waals surface area contributed by atoms with Crippen LogP contribution in [0.3, 0.4) is 0 Å². The highest BCUT2D eigenvalue weighted by atomic mass is 16.8. The molecule has 3 aliphatic rings. The van der Waals surface area contributed by atoms with Crippen molar-refractivity contribution in [1.82, 2.24) is 0 Å². The van der Waals surface area contributed by atoms with Crippen LogP contribution in [0.1, 0.15) is 74.1 Å². The molecule has 1 saturated carbocycles. The van der Waals surface area contributed by atoms with Crippen molar-refractivity contribution >= 4 is 23.9 Å². The highest BCUT2D eigenvalue weighted by Gasteiger charge is 2.74. The van der Waals surface area contributed by atoms with Crippen LogP contribution in [0.25, 0.3) is 0 Å². The van der Waals surface area contributed by atoms with Gasteiger partial charge in [-0.3, -0.25) is 23.9 Å². The lowest BCUT2D eigenvalue weighted by atomic mass is 9.44. The molecule has 2 fully saturated rings. The molecular weight excluding hydrogens is 532 g/mol. The Morgan fingerprint density at radius 2 is 1.71 bits per heavy atom. The predicted molar refractivity (Wildman–Crippen MR) is 148 cm³/mol. The Balaban J connectivity index is 2.29. The summed E-state index contributed by atoms with van der Waals surface area (Å²) in [7, 11) is 0. The molecule has 41 heavy (non-hydrogen) atoms. The fourth-order valence-corrected chi connectivity index (χ4v) is 6.93. The van der Waals surface area contributed by atoms with Gasteiger partial charge >= 0.3 is 23.9 Å². The number of ether oxygens (including phenoxy) is 5. The van der Waals surface area contributed by atoms with Gasteiger partial charge in [-0.1, -0.05) is 52.5 Å². The molecule has 1 saturated heterocycles. The van der Waals surface area contributed by atoms with E-state index in [-0.39, 0.29) is 18.8 Å². The molecule has 10 nitrogen and oxygen atoms in total. The molecular formula is C31H44O10. The van der Waals surface area contributed by atoms with Gasteiger partial charge in [0, 0.05) is 38.7 Å². The Hall–Kier alpha value is -2.98. The maximum Gasteiger partial charge on any atom is 0.306 e. The summed E-state index contributed by atoms with van der Waals surface area (Å²) in [6.45, 7) is 19.3. The van der Waals surface area contributed by atoms with Crippen molar-refractivity contribution < 1.29 is 48.0 Å². The number of aliphatic hydroxyl groups is 1. The van der Waals surface area contributed by atoms with Crippen LogP contribution in [0.2, 0.25) is 0 Å². The first kappa shape index (κ1) is 32.5. The molecule has 228 valence electrons. The van der Waals surface area contributed by atoms with Gasteiger partial charge in [0.25, 0.3) is 0 Å². The van der Waals surface area contributed by atoms with Gasteiger partial charge < -0.3 is 24.1 Å². The number of carbonyl (C=O) groups is 4. The van der Waals surface area contributed by atoms with Crippen molar-refractivity contribution in [3.05, 3.63) is 36.5 Å². The minimum absolute atomic E-state index is 0.0750. The number of allylic oxidation sites excluding steroid dienone is 2. The Morgan fingerprint density at radius 1 is 1.10 bits per heavy atom. The first-order chi connectivity index (χ1) is 19.1. The van der Waals surface area contributed by atoms with Gasteiger partial charge in [0.15, 0.2) is 0 Å². The van der Waals surface area contributed by atoms with Crippen molar-refractivity contribution in [2.24, 2.45) is 28.6 Å². The van der Waals surface area contributed by atoms with Crippen LogP contribution in [0, 0.1) is 28.6 Å². The van der Waals surface area contributed by atoms with E-state index in [1.54, 1.807) is 12.2 Å². The van der Waals surface area contributed by atoms with E-state index in [4.69, 9.17) is 23.7 Å². The second kappa shape index (κ2) is 12.5. The van der Waals surface area contributed by atoms with E-state index in [0.29, 0.717) is 18.4 Å². The topological polar surface area (TPSA) is 135 Å². The van der Waals surface area contributed by atoms with E-state index < -0.39 is 77.4 Å². The van der Waals surface area contributed by atoms with E-state index in [1.807, 2.05) is 27.7 Å². The average molecular weight is 577 g/mol. The Bertz CT molecular complexity index is 1110. The van der Waals surface area contributed by atoms with Crippen molar-refractivity contribution in [1.29, 1.82) is 0 Å². The molecule has 10 heteroatoms. The summed E-state index contributed by atoms with van der Waals surface area (Å²) < 4.78 is 28.9. The van der Waals surface area contributed by atoms with Crippen LogP contribution in [0.5, 0.6) is 0 Å². The van der Waals surface area contributed by atoms with Crippen molar-refractivity contribution in [2.75, 3.05) is 0 Å². The zero-order valence-electron chi connectivity index (χ0n) is 25.1. The fourth-order valence-electron chi connectivity index (χ4n) is 6.93. The van der Waals surface area contributed by atoms with Crippen LogP contribution in [0.4, 0.5) is 0 Å². The van der Waals surface area contributed by atoms with Crippen LogP contribution >= 0.6 is 0 Å². The third kappa shape index (κ3) is 6.28. The standard InChI is InChI=1S/C31H44O10/c1-10-17(4)11-12-30(9)18(5)26(37-19(6)32)27(36)31-23(28(38-20(7)33)41-29(31)39-21(8)34)14-22(15-24(30)31)40-25(35)13-16(2)3/h10,14,16,18,22,24,26-29,36H,1,4,11-13,15H2,2-3,5-9H3. The van der Waals surface area contributed by atoms with Crippen molar-refractivity contribution in [3.63, 3.8) is 0 Å². The summed E-state index contributed by atoms with van der Waals surface area (Å²) in [6, 6.07) is 0. The second-order valence-corrected chi connectivity index (χ2v) is 12.2. The minimum Gasteiger partial charge on any atom is -0.459 e. The molecule has 3 rings (SSSR count). The zero-order chi connectivity index (χ0) is 30.9.